The fourth-order valence-corrected chi connectivity index (χ4v) is 24.1. The maximum atomic E-state index is 14.4. The van der Waals surface area contributed by atoms with Crippen molar-refractivity contribution in [2.75, 3.05) is 0 Å². The zero-order chi connectivity index (χ0) is 42.5. The van der Waals surface area contributed by atoms with Crippen LogP contribution in [0.25, 0.3) is 34.2 Å². The molecule has 0 spiro atoms. The first-order valence-electron chi connectivity index (χ1n) is 21.2. The van der Waals surface area contributed by atoms with E-state index in [-0.39, 0.29) is 5.82 Å². The molecule has 0 saturated carbocycles. The van der Waals surface area contributed by atoms with Crippen LogP contribution >= 0.6 is 0 Å². The van der Waals surface area contributed by atoms with Gasteiger partial charge >= 0.3 is 319 Å². The molecule has 63 heavy (non-hydrogen) atoms. The van der Waals surface area contributed by atoms with E-state index in [9.17, 15) is 4.39 Å². The van der Waals surface area contributed by atoms with Gasteiger partial charge in [-0.1, -0.05) is 54.6 Å². The molecule has 0 saturated heterocycles. The fraction of sp³-hybridized carbons (Fsp3) is 0. The van der Waals surface area contributed by atoms with Crippen LogP contribution in [0.1, 0.15) is 0 Å². The molecule has 0 bridgehead atoms. The van der Waals surface area contributed by atoms with E-state index in [1.807, 2.05) is 0 Å². The van der Waals surface area contributed by atoms with Crippen molar-refractivity contribution in [3.05, 3.63) is 261 Å². The minimum absolute atomic E-state index is 0.316. The van der Waals surface area contributed by atoms with E-state index in [2.05, 4.69) is 231 Å². The standard InChI is InChI=1S/C57H42FGeN3Si/c58-46-39-37-43(38-40-46)55-60-56(44-21-19-29-50(41-44)59(47-23-7-1-8-24-47,48-25-9-2-10-26-48)49-27-11-3-12-28-49)62-57(61-55)45-22-20-36-54(42-45)63(51-30-13-4-14-31-51,52-32-15-5-16-33-52)53-34-17-6-18-35-53/h1-42H. The first-order valence-corrected chi connectivity index (χ1v) is 27.4. The predicted octanol–water partition coefficient (Wildman–Crippen LogP) is 7.77. The summed E-state index contributed by atoms with van der Waals surface area (Å²) in [5, 5.41) is 5.06. The average molecular weight is 889 g/mol. The van der Waals surface area contributed by atoms with Crippen LogP contribution in [-0.4, -0.2) is 36.3 Å². The van der Waals surface area contributed by atoms with Gasteiger partial charge in [0, 0.05) is 0 Å². The topological polar surface area (TPSA) is 38.7 Å². The van der Waals surface area contributed by atoms with Crippen molar-refractivity contribution in [3.63, 3.8) is 0 Å². The molecule has 0 aliphatic heterocycles. The summed E-state index contributed by atoms with van der Waals surface area (Å²) in [6.45, 7) is 0. The van der Waals surface area contributed by atoms with Gasteiger partial charge in [0.25, 0.3) is 0 Å². The molecule has 0 fully saturated rings. The number of benzene rings is 9. The predicted molar refractivity (Wildman–Crippen MR) is 263 cm³/mol. The number of hydrogen-bond acceptors (Lipinski definition) is 3. The first kappa shape index (κ1) is 39.8. The minimum atomic E-state index is -3.63. The SMILES string of the molecule is Fc1ccc(-c2nc(-c3cccc([Si](c4ccccc4)(c4ccccc4)c4ccccc4)c3)nc(-c3ccc[c]([Ge]([c]4ccccc4)([c]4ccccc4)[c]4ccccc4)c3)n2)cc1. The summed E-state index contributed by atoms with van der Waals surface area (Å²) >= 11 is -3.63. The van der Waals surface area contributed by atoms with Crippen molar-refractivity contribution >= 4 is 59.7 Å². The Labute approximate surface area is 371 Å². The van der Waals surface area contributed by atoms with Gasteiger partial charge in [-0.3, -0.25) is 0 Å². The molecule has 9 aromatic carbocycles. The molecule has 3 nitrogen and oxygen atoms in total. The Bertz CT molecular complexity index is 2720. The maximum absolute atomic E-state index is 14.4. The molecule has 0 amide bonds. The van der Waals surface area contributed by atoms with Gasteiger partial charge in [-0.05, 0) is 0 Å². The second kappa shape index (κ2) is 17.6. The van der Waals surface area contributed by atoms with Crippen LogP contribution in [0.2, 0.25) is 0 Å². The van der Waals surface area contributed by atoms with Crippen molar-refractivity contribution in [1.29, 1.82) is 0 Å². The van der Waals surface area contributed by atoms with Crippen molar-refractivity contribution < 1.29 is 4.39 Å². The number of hydrogen-bond donors (Lipinski definition) is 0. The third-order valence-corrected chi connectivity index (χ3v) is 26.9. The van der Waals surface area contributed by atoms with Crippen molar-refractivity contribution in [2.45, 2.75) is 0 Å². The van der Waals surface area contributed by atoms with E-state index in [1.54, 1.807) is 12.1 Å². The Morgan fingerprint density at radius 1 is 0.286 bits per heavy atom. The molecule has 0 atom stereocenters. The van der Waals surface area contributed by atoms with Crippen LogP contribution in [0.5, 0.6) is 0 Å². The van der Waals surface area contributed by atoms with Gasteiger partial charge in [0.1, 0.15) is 0 Å². The van der Waals surface area contributed by atoms with Crippen LogP contribution in [0.3, 0.4) is 0 Å². The van der Waals surface area contributed by atoms with E-state index in [0.29, 0.717) is 23.0 Å². The monoisotopic (exact) mass is 889 g/mol. The van der Waals surface area contributed by atoms with E-state index < -0.39 is 21.3 Å². The normalized spacial score (nSPS) is 11.6. The molecule has 0 unspecified atom stereocenters. The Hall–Kier alpha value is -7.32. The summed E-state index contributed by atoms with van der Waals surface area (Å²) < 4.78 is 19.6. The first-order chi connectivity index (χ1) is 31.1. The van der Waals surface area contributed by atoms with E-state index in [4.69, 9.17) is 15.0 Å². The Balaban J connectivity index is 1.20. The molecule has 10 aromatic rings. The van der Waals surface area contributed by atoms with Gasteiger partial charge in [-0.25, -0.2) is 0 Å². The summed E-state index contributed by atoms with van der Waals surface area (Å²) in [5.74, 6) is 1.26. The molecule has 10 rings (SSSR count). The van der Waals surface area contributed by atoms with Gasteiger partial charge in [-0.15, -0.1) is 0 Å². The quantitative estimate of drug-likeness (QED) is 0.0986. The molecule has 300 valence electrons. The van der Waals surface area contributed by atoms with E-state index >= 15 is 0 Å². The molecule has 0 aliphatic carbocycles. The van der Waals surface area contributed by atoms with Crippen molar-refractivity contribution in [2.24, 2.45) is 0 Å². The van der Waals surface area contributed by atoms with E-state index in [0.717, 1.165) is 11.1 Å². The number of aromatic nitrogens is 3. The molecule has 0 N–H and O–H groups in total. The summed E-state index contributed by atoms with van der Waals surface area (Å²) in [5.41, 5.74) is 2.47. The second-order valence-electron chi connectivity index (χ2n) is 15.7. The Morgan fingerprint density at radius 2 is 0.619 bits per heavy atom. The van der Waals surface area contributed by atoms with Crippen molar-refractivity contribution in [3.8, 4) is 34.2 Å². The molecule has 1 aromatic heterocycles. The number of rotatable bonds is 11. The van der Waals surface area contributed by atoms with Gasteiger partial charge in [0.05, 0.1) is 0 Å². The van der Waals surface area contributed by atoms with Crippen molar-refractivity contribution in [1.82, 2.24) is 15.0 Å². The zero-order valence-corrected chi connectivity index (χ0v) is 37.6. The van der Waals surface area contributed by atoms with Crippen LogP contribution in [0.4, 0.5) is 4.39 Å². The molecule has 6 heteroatoms. The number of halogens is 1. The van der Waals surface area contributed by atoms with Gasteiger partial charge < -0.3 is 0 Å². The summed E-state index contributed by atoms with van der Waals surface area (Å²) in [6.07, 6.45) is 0. The molecule has 0 radical (unpaired) electrons. The molecule has 1 heterocycles. The molecular formula is C57H42FGeN3Si. The van der Waals surface area contributed by atoms with Gasteiger partial charge in [0.2, 0.25) is 0 Å². The molecule has 0 aliphatic rings. The summed E-state index contributed by atoms with van der Waals surface area (Å²) in [4.78, 5) is 15.7. The van der Waals surface area contributed by atoms with Crippen LogP contribution in [-0.2, 0) is 0 Å². The summed E-state index contributed by atoms with van der Waals surface area (Å²) in [7, 11) is -2.86. The van der Waals surface area contributed by atoms with Crippen LogP contribution < -0.4 is 38.3 Å². The zero-order valence-electron chi connectivity index (χ0n) is 34.5. The Kier molecular flexibility index (Phi) is 11.1. The van der Waals surface area contributed by atoms with E-state index in [1.165, 1.54) is 50.5 Å². The van der Waals surface area contributed by atoms with Crippen LogP contribution in [0, 0.1) is 5.82 Å². The van der Waals surface area contributed by atoms with Gasteiger partial charge in [0.15, 0.2) is 0 Å². The molecular weight excluding hydrogens is 846 g/mol. The fourth-order valence-electron chi connectivity index (χ4n) is 9.27. The third-order valence-electron chi connectivity index (χ3n) is 12.1. The summed E-state index contributed by atoms with van der Waals surface area (Å²) in [6, 6.07) is 89.6. The van der Waals surface area contributed by atoms with Gasteiger partial charge in [-0.2, -0.15) is 0 Å². The van der Waals surface area contributed by atoms with Crippen LogP contribution in [0.15, 0.2) is 255 Å². The Morgan fingerprint density at radius 3 is 1.05 bits per heavy atom. The average Bonchev–Trinajstić information content (AvgIpc) is 3.37. The second-order valence-corrected chi connectivity index (χ2v) is 27.5. The number of nitrogens with zero attached hydrogens (tertiary/aromatic N) is 3. The third kappa shape index (κ3) is 7.45.